The summed E-state index contributed by atoms with van der Waals surface area (Å²) in [4.78, 5) is 24.9. The van der Waals surface area contributed by atoms with Crippen LogP contribution in [0.4, 0.5) is 5.69 Å². The van der Waals surface area contributed by atoms with Crippen LogP contribution in [0.15, 0.2) is 94.4 Å². The number of anilines is 1. The molecule has 0 bridgehead atoms. The van der Waals surface area contributed by atoms with E-state index in [9.17, 15) is 28.2 Å². The average Bonchev–Trinajstić information content (AvgIpc) is 3.06. The van der Waals surface area contributed by atoms with Crippen molar-refractivity contribution >= 4 is 39.0 Å². The van der Waals surface area contributed by atoms with E-state index in [0.717, 1.165) is 4.90 Å². The summed E-state index contributed by atoms with van der Waals surface area (Å²) >= 11 is 5.95. The number of aliphatic hydroxyl groups excluding tert-OH is 1. The third kappa shape index (κ3) is 3.63. The second kappa shape index (κ2) is 8.14. The van der Waals surface area contributed by atoms with Crippen molar-refractivity contribution in [2.24, 2.45) is 0 Å². The van der Waals surface area contributed by atoms with E-state index < -0.39 is 38.4 Å². The molecular formula is C23H16ClNO6S. The molecular weight excluding hydrogens is 454 g/mol. The van der Waals surface area contributed by atoms with Gasteiger partial charge >= 0.3 is 5.97 Å². The van der Waals surface area contributed by atoms with Crippen molar-refractivity contribution in [1.29, 1.82) is 0 Å². The lowest BCUT2D eigenvalue weighted by Gasteiger charge is -2.27. The number of aromatic carboxylic acids is 1. The molecule has 7 nitrogen and oxygen atoms in total. The zero-order valence-electron chi connectivity index (χ0n) is 16.3. The van der Waals surface area contributed by atoms with Crippen molar-refractivity contribution in [3.63, 3.8) is 0 Å². The Bertz CT molecular complexity index is 1330. The van der Waals surface area contributed by atoms with Gasteiger partial charge in [0.25, 0.3) is 5.91 Å². The van der Waals surface area contributed by atoms with Gasteiger partial charge in [0.2, 0.25) is 9.84 Å². The van der Waals surface area contributed by atoms with Crippen molar-refractivity contribution in [1.82, 2.24) is 0 Å². The molecule has 162 valence electrons. The minimum absolute atomic E-state index is 0.00298. The summed E-state index contributed by atoms with van der Waals surface area (Å²) in [7, 11) is -4.27. The van der Waals surface area contributed by atoms with Gasteiger partial charge < -0.3 is 10.2 Å². The van der Waals surface area contributed by atoms with E-state index in [1.807, 2.05) is 0 Å². The van der Waals surface area contributed by atoms with Gasteiger partial charge in [0, 0.05) is 10.7 Å². The lowest BCUT2D eigenvalue weighted by molar-refractivity contribution is -0.117. The Hall–Kier alpha value is -3.62. The molecule has 4 rings (SSSR count). The maximum atomic E-state index is 13.5. The van der Waals surface area contributed by atoms with Crippen LogP contribution in [0.1, 0.15) is 22.0 Å². The molecule has 1 heterocycles. The predicted molar refractivity (Wildman–Crippen MR) is 118 cm³/mol. The molecule has 0 radical (unpaired) electrons. The third-order valence-corrected chi connectivity index (χ3v) is 7.22. The summed E-state index contributed by atoms with van der Waals surface area (Å²) in [6.45, 7) is 0. The summed E-state index contributed by atoms with van der Waals surface area (Å²) in [5.41, 5.74) is 0.630. The smallest absolute Gasteiger partial charge is 0.335 e. The molecule has 9 heteroatoms. The summed E-state index contributed by atoms with van der Waals surface area (Å²) < 4.78 is 26.9. The molecule has 0 aromatic heterocycles. The van der Waals surface area contributed by atoms with E-state index >= 15 is 0 Å². The van der Waals surface area contributed by atoms with Crippen LogP contribution in [0.3, 0.4) is 0 Å². The fourth-order valence-corrected chi connectivity index (χ4v) is 5.33. The number of carboxylic acid groups (broad SMARTS) is 1. The molecule has 1 atom stereocenters. The Morgan fingerprint density at radius 1 is 0.906 bits per heavy atom. The monoisotopic (exact) mass is 469 g/mol. The van der Waals surface area contributed by atoms with Gasteiger partial charge in [-0.25, -0.2) is 13.2 Å². The first-order valence-corrected chi connectivity index (χ1v) is 11.2. The van der Waals surface area contributed by atoms with Crippen LogP contribution in [0.2, 0.25) is 5.02 Å². The van der Waals surface area contributed by atoms with Gasteiger partial charge in [0.15, 0.2) is 5.76 Å². The SMILES string of the molecule is O=C(O)c1ccc(C2C(S(=O)(=O)c3ccccc3)=C(O)C(=O)N2c2ccc(Cl)cc2)cc1. The van der Waals surface area contributed by atoms with Gasteiger partial charge in [-0.2, -0.15) is 0 Å². The van der Waals surface area contributed by atoms with Crippen LogP contribution >= 0.6 is 11.6 Å². The van der Waals surface area contributed by atoms with Crippen LogP contribution in [0.5, 0.6) is 0 Å². The molecule has 0 saturated heterocycles. The number of amides is 1. The van der Waals surface area contributed by atoms with E-state index in [1.54, 1.807) is 6.07 Å². The molecule has 3 aromatic rings. The van der Waals surface area contributed by atoms with Gasteiger partial charge in [-0.3, -0.25) is 9.69 Å². The number of halogens is 1. The molecule has 1 aliphatic rings. The minimum atomic E-state index is -4.27. The summed E-state index contributed by atoms with van der Waals surface area (Å²) in [5, 5.41) is 20.3. The maximum absolute atomic E-state index is 13.5. The Morgan fingerprint density at radius 2 is 1.50 bits per heavy atom. The number of aliphatic hydroxyl groups is 1. The van der Waals surface area contributed by atoms with Crippen molar-refractivity contribution in [2.75, 3.05) is 4.90 Å². The van der Waals surface area contributed by atoms with Crippen LogP contribution in [0.25, 0.3) is 0 Å². The molecule has 0 aliphatic carbocycles. The molecule has 2 N–H and O–H groups in total. The molecule has 1 aliphatic heterocycles. The molecule has 0 saturated carbocycles. The van der Waals surface area contributed by atoms with Gasteiger partial charge in [-0.15, -0.1) is 0 Å². The first-order valence-electron chi connectivity index (χ1n) is 9.37. The lowest BCUT2D eigenvalue weighted by Crippen LogP contribution is -2.31. The van der Waals surface area contributed by atoms with Gasteiger partial charge in [0.1, 0.15) is 10.9 Å². The second-order valence-electron chi connectivity index (χ2n) is 7.01. The highest BCUT2D eigenvalue weighted by molar-refractivity contribution is 7.95. The molecule has 1 unspecified atom stereocenters. The molecule has 0 fully saturated rings. The minimum Gasteiger partial charge on any atom is -0.502 e. The zero-order chi connectivity index (χ0) is 23.0. The van der Waals surface area contributed by atoms with Crippen molar-refractivity contribution < 1.29 is 28.2 Å². The van der Waals surface area contributed by atoms with E-state index in [1.165, 1.54) is 72.8 Å². The Balaban J connectivity index is 1.93. The number of nitrogens with zero attached hydrogens (tertiary/aromatic N) is 1. The van der Waals surface area contributed by atoms with E-state index in [0.29, 0.717) is 16.3 Å². The number of carboxylic acids is 1. The number of carbonyl (C=O) groups excluding carboxylic acids is 1. The normalized spacial score (nSPS) is 16.5. The van der Waals surface area contributed by atoms with Gasteiger partial charge in [-0.1, -0.05) is 41.9 Å². The van der Waals surface area contributed by atoms with E-state index in [2.05, 4.69) is 0 Å². The predicted octanol–water partition coefficient (Wildman–Crippen LogP) is 4.37. The highest BCUT2D eigenvalue weighted by Gasteiger charge is 2.47. The summed E-state index contributed by atoms with van der Waals surface area (Å²) in [6.07, 6.45) is 0. The standard InChI is InChI=1S/C23H16ClNO6S/c24-16-10-12-17(13-11-16)25-19(14-6-8-15(9-7-14)23(28)29)21(20(26)22(25)27)32(30,31)18-4-2-1-3-5-18/h1-13,19,26H,(H,28,29). The molecule has 32 heavy (non-hydrogen) atoms. The Morgan fingerprint density at radius 3 is 2.06 bits per heavy atom. The highest BCUT2D eigenvalue weighted by atomic mass is 35.5. The number of carbonyl (C=O) groups is 2. The number of hydrogen-bond acceptors (Lipinski definition) is 5. The van der Waals surface area contributed by atoms with E-state index in [4.69, 9.17) is 11.6 Å². The number of benzene rings is 3. The fraction of sp³-hybridized carbons (Fsp3) is 0.0435. The quantitative estimate of drug-likeness (QED) is 0.573. The Labute approximate surface area is 188 Å². The summed E-state index contributed by atoms with van der Waals surface area (Å²) in [5.74, 6) is -2.94. The van der Waals surface area contributed by atoms with Crippen LogP contribution in [-0.2, 0) is 14.6 Å². The average molecular weight is 470 g/mol. The topological polar surface area (TPSA) is 112 Å². The number of rotatable bonds is 5. The first-order chi connectivity index (χ1) is 15.2. The maximum Gasteiger partial charge on any atom is 0.335 e. The van der Waals surface area contributed by atoms with Gasteiger partial charge in [0.05, 0.1) is 10.5 Å². The lowest BCUT2D eigenvalue weighted by atomic mass is 10.0. The van der Waals surface area contributed by atoms with Crippen LogP contribution < -0.4 is 4.90 Å². The highest BCUT2D eigenvalue weighted by Crippen LogP contribution is 2.44. The van der Waals surface area contributed by atoms with Crippen molar-refractivity contribution in [2.45, 2.75) is 10.9 Å². The number of hydrogen-bond donors (Lipinski definition) is 2. The molecule has 0 spiro atoms. The third-order valence-electron chi connectivity index (χ3n) is 5.08. The fourth-order valence-electron chi connectivity index (χ4n) is 3.56. The second-order valence-corrected chi connectivity index (χ2v) is 9.37. The van der Waals surface area contributed by atoms with Crippen molar-refractivity contribution in [3.8, 4) is 0 Å². The largest absolute Gasteiger partial charge is 0.502 e. The number of sulfone groups is 1. The van der Waals surface area contributed by atoms with Gasteiger partial charge in [-0.05, 0) is 54.1 Å². The summed E-state index contributed by atoms with van der Waals surface area (Å²) in [6, 6.07) is 17.8. The molecule has 3 aromatic carbocycles. The molecule has 1 amide bonds. The first kappa shape index (κ1) is 21.6. The van der Waals surface area contributed by atoms with E-state index in [-0.39, 0.29) is 10.5 Å². The van der Waals surface area contributed by atoms with Crippen molar-refractivity contribution in [3.05, 3.63) is 106 Å². The van der Waals surface area contributed by atoms with Crippen LogP contribution in [-0.4, -0.2) is 30.5 Å². The van der Waals surface area contributed by atoms with Crippen LogP contribution in [0, 0.1) is 0 Å². The Kier molecular flexibility index (Phi) is 5.50. The zero-order valence-corrected chi connectivity index (χ0v) is 17.9.